The number of nitrogens with one attached hydrogen (secondary N) is 1. The Morgan fingerprint density at radius 2 is 2.38 bits per heavy atom. The van der Waals surface area contributed by atoms with Gasteiger partial charge in [-0.15, -0.1) is 0 Å². The van der Waals surface area contributed by atoms with Crippen molar-refractivity contribution in [3.05, 3.63) is 29.6 Å². The monoisotopic (exact) mass is 255 g/mol. The molecule has 16 heavy (non-hydrogen) atoms. The van der Waals surface area contributed by atoms with Gasteiger partial charge in [0.15, 0.2) is 0 Å². The first-order valence-electron chi connectivity index (χ1n) is 5.38. The summed E-state index contributed by atoms with van der Waals surface area (Å²) in [6.07, 6.45) is 3.79. The normalized spacial score (nSPS) is 23.0. The molecular weight excluding hydrogens is 238 g/mol. The zero-order valence-corrected chi connectivity index (χ0v) is 11.0. The summed E-state index contributed by atoms with van der Waals surface area (Å²) >= 11 is 4.01. The number of pyridine rings is 1. The van der Waals surface area contributed by atoms with Crippen molar-refractivity contribution in [1.29, 1.82) is 0 Å². The number of hydrogen-bond donors (Lipinski definition) is 2. The van der Waals surface area contributed by atoms with Crippen LogP contribution >= 0.6 is 23.5 Å². The largest absolute Gasteiger partial charge is 0.271 e. The molecule has 0 aliphatic carbocycles. The van der Waals surface area contributed by atoms with Crippen molar-refractivity contribution in [2.24, 2.45) is 5.84 Å². The molecule has 3 N–H and O–H groups in total. The summed E-state index contributed by atoms with van der Waals surface area (Å²) < 4.78 is 0. The maximum atomic E-state index is 5.69. The molecule has 88 valence electrons. The molecule has 0 bridgehead atoms. The lowest BCUT2D eigenvalue weighted by Gasteiger charge is -2.29. The molecule has 1 fully saturated rings. The number of thioether (sulfide) groups is 2. The minimum atomic E-state index is 0.213. The number of hydrogen-bond acceptors (Lipinski definition) is 5. The van der Waals surface area contributed by atoms with Gasteiger partial charge in [0.2, 0.25) is 0 Å². The Morgan fingerprint density at radius 1 is 1.50 bits per heavy atom. The minimum absolute atomic E-state index is 0.213. The van der Waals surface area contributed by atoms with Crippen LogP contribution in [0.3, 0.4) is 0 Å². The lowest BCUT2D eigenvalue weighted by Crippen LogP contribution is -2.37. The van der Waals surface area contributed by atoms with Crippen LogP contribution in [0.15, 0.2) is 18.5 Å². The fourth-order valence-electron chi connectivity index (χ4n) is 1.87. The zero-order valence-electron chi connectivity index (χ0n) is 9.35. The van der Waals surface area contributed by atoms with E-state index >= 15 is 0 Å². The van der Waals surface area contributed by atoms with Gasteiger partial charge in [0.05, 0.1) is 6.04 Å². The molecule has 0 amide bonds. The molecule has 5 heteroatoms. The van der Waals surface area contributed by atoms with E-state index in [4.69, 9.17) is 5.84 Å². The van der Waals surface area contributed by atoms with E-state index in [9.17, 15) is 0 Å². The lowest BCUT2D eigenvalue weighted by atomic mass is 10.1. The second-order valence-electron chi connectivity index (χ2n) is 3.92. The van der Waals surface area contributed by atoms with Crippen LogP contribution < -0.4 is 11.3 Å². The lowest BCUT2D eigenvalue weighted by molar-refractivity contribution is 0.551. The van der Waals surface area contributed by atoms with Gasteiger partial charge in [-0.25, -0.2) is 0 Å². The molecule has 1 aromatic heterocycles. The van der Waals surface area contributed by atoms with E-state index in [2.05, 4.69) is 23.4 Å². The molecule has 1 aliphatic heterocycles. The third-order valence-electron chi connectivity index (χ3n) is 2.65. The molecule has 0 saturated carbocycles. The topological polar surface area (TPSA) is 50.9 Å². The van der Waals surface area contributed by atoms with Crippen molar-refractivity contribution < 1.29 is 0 Å². The van der Waals surface area contributed by atoms with Gasteiger partial charge in [-0.2, -0.15) is 23.5 Å². The molecule has 3 nitrogen and oxygen atoms in total. The van der Waals surface area contributed by atoms with E-state index in [1.165, 1.54) is 22.6 Å². The van der Waals surface area contributed by atoms with Crippen LogP contribution in [-0.2, 0) is 0 Å². The summed E-state index contributed by atoms with van der Waals surface area (Å²) in [5.74, 6) is 9.32. The fraction of sp³-hybridized carbons (Fsp3) is 0.545. The maximum Gasteiger partial charge on any atom is 0.0601 e. The summed E-state index contributed by atoms with van der Waals surface area (Å²) in [4.78, 5) is 4.24. The average molecular weight is 255 g/mol. The van der Waals surface area contributed by atoms with Crippen molar-refractivity contribution in [2.75, 3.05) is 17.3 Å². The number of rotatable bonds is 3. The van der Waals surface area contributed by atoms with Gasteiger partial charge in [0.1, 0.15) is 0 Å². The van der Waals surface area contributed by atoms with Crippen LogP contribution in [-0.4, -0.2) is 27.5 Å². The molecule has 2 rings (SSSR count). The van der Waals surface area contributed by atoms with Crippen LogP contribution in [0.1, 0.15) is 17.2 Å². The summed E-state index contributed by atoms with van der Waals surface area (Å²) in [5.41, 5.74) is 5.32. The summed E-state index contributed by atoms with van der Waals surface area (Å²) in [7, 11) is 0. The van der Waals surface area contributed by atoms with Crippen molar-refractivity contribution in [3.63, 3.8) is 0 Å². The van der Waals surface area contributed by atoms with Gasteiger partial charge in [-0.1, -0.05) is 6.07 Å². The standard InChI is InChI=1S/C11H17N3S2/c1-8-4-9(6-13-5-8)11(14-12)10-7-15-2-3-16-10/h4-6,10-11,14H,2-3,7,12H2,1H3. The smallest absolute Gasteiger partial charge is 0.0601 e. The highest BCUT2D eigenvalue weighted by atomic mass is 32.2. The van der Waals surface area contributed by atoms with E-state index < -0.39 is 0 Å². The van der Waals surface area contributed by atoms with Crippen LogP contribution in [0.5, 0.6) is 0 Å². The predicted molar refractivity (Wildman–Crippen MR) is 72.6 cm³/mol. The number of nitrogens with two attached hydrogens (primary N) is 1. The van der Waals surface area contributed by atoms with E-state index in [-0.39, 0.29) is 6.04 Å². The van der Waals surface area contributed by atoms with Crippen LogP contribution in [0.2, 0.25) is 0 Å². The van der Waals surface area contributed by atoms with Gasteiger partial charge < -0.3 is 0 Å². The maximum absolute atomic E-state index is 5.69. The van der Waals surface area contributed by atoms with Gasteiger partial charge in [0, 0.05) is 34.9 Å². The Balaban J connectivity index is 2.14. The first kappa shape index (κ1) is 12.2. The number of aromatic nitrogens is 1. The predicted octanol–water partition coefficient (Wildman–Crippen LogP) is 1.74. The molecule has 2 atom stereocenters. The van der Waals surface area contributed by atoms with Gasteiger partial charge >= 0.3 is 0 Å². The van der Waals surface area contributed by atoms with E-state index in [0.29, 0.717) is 5.25 Å². The molecule has 0 aromatic carbocycles. The van der Waals surface area contributed by atoms with E-state index in [1.54, 1.807) is 0 Å². The van der Waals surface area contributed by atoms with Crippen LogP contribution in [0.25, 0.3) is 0 Å². The van der Waals surface area contributed by atoms with Crippen molar-refractivity contribution in [3.8, 4) is 0 Å². The second-order valence-corrected chi connectivity index (χ2v) is 6.42. The third kappa shape index (κ3) is 2.91. The average Bonchev–Trinajstić information content (AvgIpc) is 2.31. The highest BCUT2D eigenvalue weighted by molar-refractivity contribution is 8.06. The molecule has 2 heterocycles. The van der Waals surface area contributed by atoms with Crippen molar-refractivity contribution >= 4 is 23.5 Å². The SMILES string of the molecule is Cc1cncc(C(NN)C2CSCCS2)c1. The molecule has 2 unspecified atom stereocenters. The van der Waals surface area contributed by atoms with Crippen LogP contribution in [0, 0.1) is 6.92 Å². The zero-order chi connectivity index (χ0) is 11.4. The number of hydrazine groups is 1. The minimum Gasteiger partial charge on any atom is -0.271 e. The highest BCUT2D eigenvalue weighted by Gasteiger charge is 2.25. The molecule has 0 radical (unpaired) electrons. The quantitative estimate of drug-likeness (QED) is 0.636. The number of nitrogens with zero attached hydrogens (tertiary/aromatic N) is 1. The Hall–Kier alpha value is -0.230. The second kappa shape index (κ2) is 5.91. The first-order valence-corrected chi connectivity index (χ1v) is 7.58. The summed E-state index contributed by atoms with van der Waals surface area (Å²) in [6.45, 7) is 2.06. The van der Waals surface area contributed by atoms with Gasteiger partial charge in [-0.05, 0) is 18.1 Å². The van der Waals surface area contributed by atoms with Crippen molar-refractivity contribution in [1.82, 2.24) is 10.4 Å². The Labute approximate surface area is 105 Å². The van der Waals surface area contributed by atoms with Crippen LogP contribution in [0.4, 0.5) is 0 Å². The fourth-order valence-corrected chi connectivity index (χ4v) is 4.72. The molecule has 1 aromatic rings. The van der Waals surface area contributed by atoms with Gasteiger partial charge in [0.25, 0.3) is 0 Å². The Kier molecular flexibility index (Phi) is 4.52. The first-order chi connectivity index (χ1) is 7.81. The molecular formula is C11H17N3S2. The van der Waals surface area contributed by atoms with Gasteiger partial charge in [-0.3, -0.25) is 16.3 Å². The molecule has 1 saturated heterocycles. The Bertz CT molecular complexity index is 340. The molecule has 0 spiro atoms. The number of aryl methyl sites for hydroxylation is 1. The van der Waals surface area contributed by atoms with Crippen molar-refractivity contribution in [2.45, 2.75) is 18.2 Å². The summed E-state index contributed by atoms with van der Waals surface area (Å²) in [5, 5.41) is 0.548. The molecule has 1 aliphatic rings. The van der Waals surface area contributed by atoms with E-state index in [0.717, 1.165) is 5.75 Å². The highest BCUT2D eigenvalue weighted by Crippen LogP contribution is 2.33. The van der Waals surface area contributed by atoms with E-state index in [1.807, 2.05) is 35.9 Å². The summed E-state index contributed by atoms with van der Waals surface area (Å²) in [6, 6.07) is 2.38. The third-order valence-corrected chi connectivity index (χ3v) is 5.51. The Morgan fingerprint density at radius 3 is 3.00 bits per heavy atom.